The number of fused-ring (bicyclic) bond motifs is 2. The van der Waals surface area contributed by atoms with Crippen LogP contribution in [0, 0.1) is 7.05 Å². The van der Waals surface area contributed by atoms with Crippen LogP contribution in [0.5, 0.6) is 0 Å². The van der Waals surface area contributed by atoms with Crippen molar-refractivity contribution in [2.75, 3.05) is 4.90 Å². The van der Waals surface area contributed by atoms with Crippen LogP contribution in [0.15, 0.2) is 48.5 Å². The number of anilines is 2. The summed E-state index contributed by atoms with van der Waals surface area (Å²) in [6.07, 6.45) is 2.19. The second-order valence-corrected chi connectivity index (χ2v) is 4.19. The third-order valence-electron chi connectivity index (χ3n) is 3.23. The molecule has 2 aromatic carbocycles. The second kappa shape index (κ2) is 3.67. The van der Waals surface area contributed by atoms with Gasteiger partial charge in [0, 0.05) is 11.4 Å². The molecule has 1 aliphatic heterocycles. The summed E-state index contributed by atoms with van der Waals surface area (Å²) in [6.45, 7) is 0. The molecule has 0 aliphatic carbocycles. The molecule has 0 amide bonds. The molecule has 0 radical (unpaired) electrons. The van der Waals surface area contributed by atoms with E-state index in [1.807, 2.05) is 0 Å². The molecule has 0 spiro atoms. The first-order valence-corrected chi connectivity index (χ1v) is 5.63. The van der Waals surface area contributed by atoms with Gasteiger partial charge < -0.3 is 4.90 Å². The van der Waals surface area contributed by atoms with Gasteiger partial charge >= 0.3 is 0 Å². The summed E-state index contributed by atoms with van der Waals surface area (Å²) in [6, 6.07) is 17.0. The van der Waals surface area contributed by atoms with Gasteiger partial charge in [-0.2, -0.15) is 0 Å². The van der Waals surface area contributed by atoms with Crippen LogP contribution in [-0.4, -0.2) is 0 Å². The second-order valence-electron chi connectivity index (χ2n) is 4.19. The molecule has 1 aliphatic rings. The molecule has 1 heterocycles. The molecule has 0 N–H and O–H groups in total. The van der Waals surface area contributed by atoms with E-state index in [0.717, 1.165) is 12.8 Å². The lowest BCUT2D eigenvalue weighted by Crippen LogP contribution is -2.07. The van der Waals surface area contributed by atoms with Crippen LogP contribution < -0.4 is 4.90 Å². The average molecular weight is 208 g/mol. The number of aryl methyl sites for hydroxylation is 2. The predicted octanol–water partition coefficient (Wildman–Crippen LogP) is 3.71. The summed E-state index contributed by atoms with van der Waals surface area (Å²) < 4.78 is 0. The smallest absolute Gasteiger partial charge is 0.0144 e. The first kappa shape index (κ1) is 9.46. The lowest BCUT2D eigenvalue weighted by atomic mass is 10.0. The molecule has 0 unspecified atom stereocenters. The maximum atomic E-state index is 4.17. The van der Waals surface area contributed by atoms with Gasteiger partial charge in [-0.05, 0) is 36.1 Å². The Bertz CT molecular complexity index is 469. The van der Waals surface area contributed by atoms with E-state index >= 15 is 0 Å². The van der Waals surface area contributed by atoms with E-state index in [2.05, 4.69) is 60.5 Å². The fraction of sp³-hybridized carbons (Fsp3) is 0.133. The summed E-state index contributed by atoms with van der Waals surface area (Å²) in [5.74, 6) is 0. The van der Waals surface area contributed by atoms with Crippen molar-refractivity contribution in [2.24, 2.45) is 0 Å². The van der Waals surface area contributed by atoms with Crippen molar-refractivity contribution in [1.82, 2.24) is 0 Å². The van der Waals surface area contributed by atoms with Gasteiger partial charge in [0.1, 0.15) is 0 Å². The van der Waals surface area contributed by atoms with Crippen LogP contribution >= 0.6 is 0 Å². The van der Waals surface area contributed by atoms with Gasteiger partial charge in [-0.3, -0.25) is 7.05 Å². The monoisotopic (exact) mass is 208 g/mol. The van der Waals surface area contributed by atoms with Gasteiger partial charge in [-0.25, -0.2) is 0 Å². The van der Waals surface area contributed by atoms with E-state index in [4.69, 9.17) is 0 Å². The topological polar surface area (TPSA) is 3.24 Å². The normalized spacial score (nSPS) is 13.9. The summed E-state index contributed by atoms with van der Waals surface area (Å²) >= 11 is 0. The number of rotatable bonds is 0. The third-order valence-corrected chi connectivity index (χ3v) is 3.23. The Balaban J connectivity index is 2.18. The number of nitrogens with zero attached hydrogens (tertiary/aromatic N) is 1. The van der Waals surface area contributed by atoms with Crippen LogP contribution in [0.2, 0.25) is 0 Å². The van der Waals surface area contributed by atoms with Crippen molar-refractivity contribution >= 4 is 11.4 Å². The Morgan fingerprint density at radius 1 is 0.750 bits per heavy atom. The molecule has 0 bridgehead atoms. The van der Waals surface area contributed by atoms with Crippen LogP contribution in [0.1, 0.15) is 11.1 Å². The predicted molar refractivity (Wildman–Crippen MR) is 67.8 cm³/mol. The van der Waals surface area contributed by atoms with E-state index in [1.165, 1.54) is 22.5 Å². The Labute approximate surface area is 96.3 Å². The zero-order valence-electron chi connectivity index (χ0n) is 9.19. The fourth-order valence-electron chi connectivity index (χ4n) is 2.37. The van der Waals surface area contributed by atoms with E-state index in [0.29, 0.717) is 0 Å². The first-order valence-electron chi connectivity index (χ1n) is 5.63. The molecule has 2 aromatic rings. The van der Waals surface area contributed by atoms with Crippen molar-refractivity contribution in [3.63, 3.8) is 0 Å². The highest BCUT2D eigenvalue weighted by Crippen LogP contribution is 2.34. The Kier molecular flexibility index (Phi) is 2.17. The van der Waals surface area contributed by atoms with E-state index in [1.54, 1.807) is 0 Å². The fourth-order valence-corrected chi connectivity index (χ4v) is 2.37. The lowest BCUT2D eigenvalue weighted by molar-refractivity contribution is 0.977. The largest absolute Gasteiger partial charge is 0.497 e. The van der Waals surface area contributed by atoms with Crippen molar-refractivity contribution in [3.8, 4) is 0 Å². The van der Waals surface area contributed by atoms with Crippen molar-refractivity contribution in [3.05, 3.63) is 66.7 Å². The first-order chi connectivity index (χ1) is 7.86. The Morgan fingerprint density at radius 2 is 1.19 bits per heavy atom. The van der Waals surface area contributed by atoms with Crippen molar-refractivity contribution in [2.45, 2.75) is 12.8 Å². The van der Waals surface area contributed by atoms with E-state index in [9.17, 15) is 0 Å². The molecule has 0 saturated carbocycles. The van der Waals surface area contributed by atoms with Crippen LogP contribution in [0.25, 0.3) is 0 Å². The van der Waals surface area contributed by atoms with E-state index in [-0.39, 0.29) is 0 Å². The summed E-state index contributed by atoms with van der Waals surface area (Å²) in [5, 5.41) is 0. The number of hydrogen-bond donors (Lipinski definition) is 0. The number of para-hydroxylation sites is 2. The third kappa shape index (κ3) is 1.40. The zero-order chi connectivity index (χ0) is 11.0. The average Bonchev–Trinajstić information content (AvgIpc) is 2.49. The number of benzene rings is 2. The Morgan fingerprint density at radius 3 is 1.69 bits per heavy atom. The van der Waals surface area contributed by atoms with Gasteiger partial charge in [0.15, 0.2) is 0 Å². The molecule has 1 nitrogen and oxygen atoms in total. The maximum absolute atomic E-state index is 4.17. The van der Waals surface area contributed by atoms with E-state index < -0.39 is 0 Å². The molecule has 1 heteroatoms. The summed E-state index contributed by atoms with van der Waals surface area (Å²) in [5.41, 5.74) is 5.22. The highest BCUT2D eigenvalue weighted by atomic mass is 15.1. The SMILES string of the molecule is [CH2-]N1c2ccccc2CCc2ccccc21. The van der Waals surface area contributed by atoms with Gasteiger partial charge in [-0.15, -0.1) is 0 Å². The molecule has 0 atom stereocenters. The van der Waals surface area contributed by atoms with Crippen molar-refractivity contribution in [1.29, 1.82) is 0 Å². The summed E-state index contributed by atoms with van der Waals surface area (Å²) in [7, 11) is 4.17. The molecule has 3 rings (SSSR count). The Hall–Kier alpha value is -1.76. The zero-order valence-corrected chi connectivity index (χ0v) is 9.19. The molecular weight excluding hydrogens is 194 g/mol. The van der Waals surface area contributed by atoms with Gasteiger partial charge in [0.25, 0.3) is 0 Å². The standard InChI is InChI=1S/C15H14N/c1-16-14-8-4-2-6-12(14)10-11-13-7-3-5-9-15(13)16/h2-9H,1,10-11H2/q-1. The van der Waals surface area contributed by atoms with Crippen LogP contribution in [0.3, 0.4) is 0 Å². The van der Waals surface area contributed by atoms with Crippen molar-refractivity contribution < 1.29 is 0 Å². The molecule has 16 heavy (non-hydrogen) atoms. The minimum atomic E-state index is 1.10. The lowest BCUT2D eigenvalue weighted by Gasteiger charge is -2.30. The maximum Gasteiger partial charge on any atom is 0.0144 e. The molecule has 0 saturated heterocycles. The van der Waals surface area contributed by atoms with Crippen LogP contribution in [0.4, 0.5) is 11.4 Å². The highest BCUT2D eigenvalue weighted by Gasteiger charge is 2.12. The molecule has 80 valence electrons. The van der Waals surface area contributed by atoms with Gasteiger partial charge in [-0.1, -0.05) is 36.4 Å². The van der Waals surface area contributed by atoms with Gasteiger partial charge in [0.05, 0.1) is 0 Å². The molecule has 0 aromatic heterocycles. The highest BCUT2D eigenvalue weighted by molar-refractivity contribution is 5.71. The molecular formula is C15H14N-. The quantitative estimate of drug-likeness (QED) is 0.596. The van der Waals surface area contributed by atoms with Crippen LogP contribution in [-0.2, 0) is 12.8 Å². The minimum Gasteiger partial charge on any atom is -0.497 e. The number of hydrogen-bond acceptors (Lipinski definition) is 1. The minimum absolute atomic E-state index is 1.10. The molecule has 0 fully saturated rings. The van der Waals surface area contributed by atoms with Gasteiger partial charge in [0.2, 0.25) is 0 Å². The summed E-state index contributed by atoms with van der Waals surface area (Å²) in [4.78, 5) is 2.05.